The van der Waals surface area contributed by atoms with Gasteiger partial charge in [0, 0.05) is 30.9 Å². The van der Waals surface area contributed by atoms with Crippen LogP contribution in [0.2, 0.25) is 0 Å². The van der Waals surface area contributed by atoms with Gasteiger partial charge in [-0.1, -0.05) is 29.9 Å². The lowest BCUT2D eigenvalue weighted by Gasteiger charge is -2.17. The fraction of sp³-hybridized carbons (Fsp3) is 0.565. The summed E-state index contributed by atoms with van der Waals surface area (Å²) < 4.78 is 5.29. The topological polar surface area (TPSA) is 83.8 Å². The molecule has 1 rings (SSSR count). The zero-order chi connectivity index (χ0) is 21.0. The van der Waals surface area contributed by atoms with E-state index in [1.807, 2.05) is 26.0 Å². The number of Topliss-reactive ketones (excluding diaryl/α,β-unsaturated/α-hetero) is 1. The van der Waals surface area contributed by atoms with Crippen LogP contribution in [0.3, 0.4) is 0 Å². The number of carbonyl (C=O) groups is 2. The summed E-state index contributed by atoms with van der Waals surface area (Å²) in [6, 6.07) is 0. The smallest absolute Gasteiger partial charge is 0.339 e. The van der Waals surface area contributed by atoms with Crippen molar-refractivity contribution < 1.29 is 24.5 Å². The number of ether oxygens (including phenoxy) is 1. The third-order valence-corrected chi connectivity index (χ3v) is 4.85. The van der Waals surface area contributed by atoms with Crippen LogP contribution < -0.4 is 0 Å². The van der Waals surface area contributed by atoms with E-state index in [0.717, 1.165) is 18.4 Å². The number of aliphatic hydroxyl groups excluding tert-OH is 1. The first-order valence-electron chi connectivity index (χ1n) is 10.0. The number of rotatable bonds is 11. The van der Waals surface area contributed by atoms with Crippen molar-refractivity contribution in [1.82, 2.24) is 0 Å². The van der Waals surface area contributed by atoms with Crippen molar-refractivity contribution in [2.75, 3.05) is 6.61 Å². The maximum absolute atomic E-state index is 12.7. The summed E-state index contributed by atoms with van der Waals surface area (Å²) in [6.07, 6.45) is 14.4. The van der Waals surface area contributed by atoms with Crippen LogP contribution in [0.4, 0.5) is 0 Å². The van der Waals surface area contributed by atoms with Crippen LogP contribution in [0, 0.1) is 5.92 Å². The fourth-order valence-electron chi connectivity index (χ4n) is 3.27. The molecule has 2 atom stereocenters. The summed E-state index contributed by atoms with van der Waals surface area (Å²) in [5.41, 5.74) is 0.279. The minimum Gasteiger partial charge on any atom is -0.431 e. The Bertz CT molecular complexity index is 637. The van der Waals surface area contributed by atoms with Gasteiger partial charge < -0.3 is 14.9 Å². The maximum atomic E-state index is 12.7. The Morgan fingerprint density at radius 1 is 1.32 bits per heavy atom. The predicted octanol–water partition coefficient (Wildman–Crippen LogP) is 4.17. The molecule has 0 heterocycles. The molecule has 1 aliphatic carbocycles. The Morgan fingerprint density at radius 3 is 2.68 bits per heavy atom. The van der Waals surface area contributed by atoms with Gasteiger partial charge in [0.25, 0.3) is 0 Å². The number of ketones is 1. The summed E-state index contributed by atoms with van der Waals surface area (Å²) in [6.45, 7) is 5.54. The van der Waals surface area contributed by atoms with E-state index >= 15 is 0 Å². The summed E-state index contributed by atoms with van der Waals surface area (Å²) in [7, 11) is 0. The van der Waals surface area contributed by atoms with Crippen LogP contribution in [0.1, 0.15) is 65.7 Å². The Kier molecular flexibility index (Phi) is 10.7. The van der Waals surface area contributed by atoms with E-state index in [1.165, 1.54) is 6.26 Å². The van der Waals surface area contributed by atoms with Crippen LogP contribution in [0.5, 0.6) is 0 Å². The van der Waals surface area contributed by atoms with Gasteiger partial charge in [0.1, 0.15) is 5.78 Å². The van der Waals surface area contributed by atoms with Gasteiger partial charge in [-0.25, -0.2) is 4.79 Å². The molecule has 156 valence electrons. The monoisotopic (exact) mass is 390 g/mol. The second-order valence-corrected chi connectivity index (χ2v) is 7.51. The SMILES string of the molecule is CC=CC=C[C@](C)(O)CC=COC(=O)C(=C(C)CCCCO)[C@H]1CCCC1=O. The fourth-order valence-corrected chi connectivity index (χ4v) is 3.27. The highest BCUT2D eigenvalue weighted by Gasteiger charge is 2.33. The lowest BCUT2D eigenvalue weighted by atomic mass is 9.90. The second kappa shape index (κ2) is 12.5. The highest BCUT2D eigenvalue weighted by molar-refractivity contribution is 5.99. The predicted molar refractivity (Wildman–Crippen MR) is 110 cm³/mol. The molecule has 5 heteroatoms. The number of hydrogen-bond donors (Lipinski definition) is 2. The van der Waals surface area contributed by atoms with Gasteiger partial charge in [0.15, 0.2) is 0 Å². The second-order valence-electron chi connectivity index (χ2n) is 7.51. The highest BCUT2D eigenvalue weighted by Crippen LogP contribution is 2.32. The average molecular weight is 391 g/mol. The van der Waals surface area contributed by atoms with Crippen molar-refractivity contribution >= 4 is 11.8 Å². The standard InChI is InChI=1S/C23H34O5/c1-4-5-7-14-23(3,27)15-10-17-28-22(26)21(18(2)11-6-8-16-24)19-12-9-13-20(19)25/h4-5,7,10,14,17,19,24,27H,6,8-9,11-13,15-16H2,1-3H3/t19-,23-/m0/s1. The third kappa shape index (κ3) is 8.36. The van der Waals surface area contributed by atoms with Crippen molar-refractivity contribution in [3.63, 3.8) is 0 Å². The average Bonchev–Trinajstić information content (AvgIpc) is 3.05. The van der Waals surface area contributed by atoms with Gasteiger partial charge in [-0.3, -0.25) is 4.79 Å². The van der Waals surface area contributed by atoms with E-state index in [9.17, 15) is 14.7 Å². The molecule has 2 N–H and O–H groups in total. The molecule has 0 unspecified atom stereocenters. The molecule has 1 aliphatic rings. The Balaban J connectivity index is 2.78. The zero-order valence-corrected chi connectivity index (χ0v) is 17.3. The van der Waals surface area contributed by atoms with Crippen molar-refractivity contribution in [2.24, 2.45) is 5.92 Å². The Hall–Kier alpha value is -1.98. The van der Waals surface area contributed by atoms with E-state index in [0.29, 0.717) is 37.7 Å². The number of carbonyl (C=O) groups excluding carboxylic acids is 2. The lowest BCUT2D eigenvalue weighted by Crippen LogP contribution is -2.20. The van der Waals surface area contributed by atoms with E-state index in [2.05, 4.69) is 0 Å². The molecular formula is C23H34O5. The summed E-state index contributed by atoms with van der Waals surface area (Å²) in [4.78, 5) is 24.9. The van der Waals surface area contributed by atoms with Crippen LogP contribution in [-0.2, 0) is 14.3 Å². The number of unbranched alkanes of at least 4 members (excludes halogenated alkanes) is 1. The normalized spacial score (nSPS) is 20.9. The molecule has 0 radical (unpaired) electrons. The van der Waals surface area contributed by atoms with E-state index < -0.39 is 11.6 Å². The Morgan fingerprint density at radius 2 is 2.07 bits per heavy atom. The summed E-state index contributed by atoms with van der Waals surface area (Å²) in [5, 5.41) is 19.2. The first kappa shape index (κ1) is 24.1. The van der Waals surface area contributed by atoms with Crippen molar-refractivity contribution in [1.29, 1.82) is 0 Å². The van der Waals surface area contributed by atoms with E-state index in [-0.39, 0.29) is 18.3 Å². The molecule has 0 aliphatic heterocycles. The number of hydrogen-bond acceptors (Lipinski definition) is 5. The molecule has 1 saturated carbocycles. The van der Waals surface area contributed by atoms with Gasteiger partial charge in [-0.15, -0.1) is 0 Å². The lowest BCUT2D eigenvalue weighted by molar-refractivity contribution is -0.135. The number of esters is 1. The molecule has 0 aromatic heterocycles. The number of aliphatic hydroxyl groups is 2. The molecule has 0 saturated heterocycles. The first-order valence-corrected chi connectivity index (χ1v) is 10.0. The first-order chi connectivity index (χ1) is 13.3. The van der Waals surface area contributed by atoms with Crippen molar-refractivity contribution in [3.05, 3.63) is 47.8 Å². The van der Waals surface area contributed by atoms with Crippen molar-refractivity contribution in [3.8, 4) is 0 Å². The van der Waals surface area contributed by atoms with E-state index in [4.69, 9.17) is 9.84 Å². The van der Waals surface area contributed by atoms with Gasteiger partial charge in [0.2, 0.25) is 0 Å². The molecular weight excluding hydrogens is 356 g/mol. The largest absolute Gasteiger partial charge is 0.431 e. The highest BCUT2D eigenvalue weighted by atomic mass is 16.5. The molecule has 1 fully saturated rings. The van der Waals surface area contributed by atoms with Gasteiger partial charge in [-0.05, 0) is 59.0 Å². The van der Waals surface area contributed by atoms with Gasteiger partial charge >= 0.3 is 5.97 Å². The molecule has 5 nitrogen and oxygen atoms in total. The van der Waals surface area contributed by atoms with Crippen LogP contribution in [0.25, 0.3) is 0 Å². The van der Waals surface area contributed by atoms with Crippen LogP contribution >= 0.6 is 0 Å². The Labute approximate surface area is 168 Å². The van der Waals surface area contributed by atoms with Crippen LogP contribution in [-0.4, -0.2) is 34.2 Å². The van der Waals surface area contributed by atoms with Gasteiger partial charge in [-0.2, -0.15) is 0 Å². The summed E-state index contributed by atoms with van der Waals surface area (Å²) in [5.74, 6) is -0.793. The molecule has 0 bridgehead atoms. The zero-order valence-electron chi connectivity index (χ0n) is 17.3. The molecule has 0 aromatic carbocycles. The van der Waals surface area contributed by atoms with E-state index in [1.54, 1.807) is 25.2 Å². The molecule has 0 amide bonds. The molecule has 0 aromatic rings. The minimum absolute atomic E-state index is 0.0921. The molecule has 0 spiro atoms. The summed E-state index contributed by atoms with van der Waals surface area (Å²) >= 11 is 0. The quantitative estimate of drug-likeness (QED) is 0.182. The van der Waals surface area contributed by atoms with Crippen molar-refractivity contribution in [2.45, 2.75) is 71.3 Å². The molecule has 28 heavy (non-hydrogen) atoms. The minimum atomic E-state index is -1.04. The third-order valence-electron chi connectivity index (χ3n) is 4.85. The van der Waals surface area contributed by atoms with Gasteiger partial charge in [0.05, 0.1) is 11.9 Å². The van der Waals surface area contributed by atoms with Crippen LogP contribution in [0.15, 0.2) is 47.8 Å². The maximum Gasteiger partial charge on any atom is 0.339 e. The number of allylic oxidation sites excluding steroid dienone is 4.